The number of nitrogens with zero attached hydrogens (tertiary/aromatic N) is 1. The van der Waals surface area contributed by atoms with Gasteiger partial charge >= 0.3 is 6.18 Å². The van der Waals surface area contributed by atoms with Crippen LogP contribution in [0.1, 0.15) is 11.7 Å². The van der Waals surface area contributed by atoms with Gasteiger partial charge in [0.05, 0.1) is 0 Å². The van der Waals surface area contributed by atoms with Gasteiger partial charge in [0.25, 0.3) is 0 Å². The van der Waals surface area contributed by atoms with Gasteiger partial charge in [-0.3, -0.25) is 4.98 Å². The zero-order chi connectivity index (χ0) is 13.9. The average molecular weight is 269 g/mol. The van der Waals surface area contributed by atoms with E-state index in [1.807, 2.05) is 0 Å². The van der Waals surface area contributed by atoms with Crippen molar-refractivity contribution >= 4 is 0 Å². The molecule has 1 N–H and O–H groups in total. The van der Waals surface area contributed by atoms with E-state index in [4.69, 9.17) is 4.74 Å². The highest BCUT2D eigenvalue weighted by Gasteiger charge is 2.43. The van der Waals surface area contributed by atoms with Crippen molar-refractivity contribution in [1.29, 1.82) is 0 Å². The molecule has 1 aromatic heterocycles. The lowest BCUT2D eigenvalue weighted by molar-refractivity contribution is -0.198. The van der Waals surface area contributed by atoms with E-state index >= 15 is 0 Å². The minimum atomic E-state index is -4.56. The molecular weight excluding hydrogens is 259 g/mol. The molecule has 1 aromatic carbocycles. The predicted molar refractivity (Wildman–Crippen MR) is 61.8 cm³/mol. The Morgan fingerprint density at radius 1 is 1.11 bits per heavy atom. The molecule has 0 fully saturated rings. The number of phenolic OH excluding ortho intramolecular Hbond substituents is 1. The van der Waals surface area contributed by atoms with Crippen molar-refractivity contribution in [2.75, 3.05) is 0 Å². The number of hydrogen-bond donors (Lipinski definition) is 1. The zero-order valence-electron chi connectivity index (χ0n) is 9.63. The fraction of sp³-hybridized carbons (Fsp3) is 0.154. The van der Waals surface area contributed by atoms with E-state index in [1.54, 1.807) is 0 Å². The summed E-state index contributed by atoms with van der Waals surface area (Å²) in [6.45, 7) is 0. The number of rotatable bonds is 3. The highest BCUT2D eigenvalue weighted by Crippen LogP contribution is 2.37. The first-order valence-electron chi connectivity index (χ1n) is 5.39. The maximum atomic E-state index is 13.0. The Morgan fingerprint density at radius 2 is 1.79 bits per heavy atom. The normalized spacial score (nSPS) is 13.0. The number of benzene rings is 1. The highest BCUT2D eigenvalue weighted by atomic mass is 19.4. The van der Waals surface area contributed by atoms with Crippen molar-refractivity contribution in [1.82, 2.24) is 4.98 Å². The third-order valence-electron chi connectivity index (χ3n) is 2.38. The van der Waals surface area contributed by atoms with Crippen LogP contribution >= 0.6 is 0 Å². The predicted octanol–water partition coefficient (Wildman–Crippen LogP) is 3.47. The summed E-state index contributed by atoms with van der Waals surface area (Å²) in [5, 5.41) is 9.23. The molecule has 0 bridgehead atoms. The van der Waals surface area contributed by atoms with E-state index in [2.05, 4.69) is 4.98 Å². The molecule has 100 valence electrons. The highest BCUT2D eigenvalue weighted by molar-refractivity contribution is 5.32. The quantitative estimate of drug-likeness (QED) is 0.927. The van der Waals surface area contributed by atoms with E-state index < -0.39 is 12.3 Å². The Balaban J connectivity index is 2.30. The molecule has 1 heterocycles. The summed E-state index contributed by atoms with van der Waals surface area (Å²) in [7, 11) is 0. The van der Waals surface area contributed by atoms with Crippen LogP contribution in [-0.2, 0) is 0 Å². The van der Waals surface area contributed by atoms with E-state index in [0.29, 0.717) is 0 Å². The van der Waals surface area contributed by atoms with Gasteiger partial charge in [0.1, 0.15) is 11.5 Å². The lowest BCUT2D eigenvalue weighted by atomic mass is 10.1. The standard InChI is InChI=1S/C13H10F3NO2/c14-13(15,16)12(9-4-6-17-7-5-9)19-11-3-1-2-10(18)8-11/h1-8,12,18H. The van der Waals surface area contributed by atoms with E-state index in [-0.39, 0.29) is 17.1 Å². The van der Waals surface area contributed by atoms with Crippen molar-refractivity contribution in [2.45, 2.75) is 12.3 Å². The molecule has 0 aliphatic rings. The smallest absolute Gasteiger partial charge is 0.429 e. The first-order valence-corrected chi connectivity index (χ1v) is 5.39. The van der Waals surface area contributed by atoms with Crippen molar-refractivity contribution in [3.05, 3.63) is 54.4 Å². The monoisotopic (exact) mass is 269 g/mol. The summed E-state index contributed by atoms with van der Waals surface area (Å²) in [6, 6.07) is 7.70. The van der Waals surface area contributed by atoms with Crippen molar-refractivity contribution < 1.29 is 23.0 Å². The largest absolute Gasteiger partial charge is 0.508 e. The van der Waals surface area contributed by atoms with Crippen LogP contribution in [0.15, 0.2) is 48.8 Å². The molecule has 3 nitrogen and oxygen atoms in total. The Labute approximate surface area is 107 Å². The van der Waals surface area contributed by atoms with Crippen LogP contribution in [0, 0.1) is 0 Å². The summed E-state index contributed by atoms with van der Waals surface area (Å²) in [6.07, 6.45) is -4.13. The molecule has 1 atom stereocenters. The van der Waals surface area contributed by atoms with Gasteiger partial charge in [0, 0.05) is 24.0 Å². The van der Waals surface area contributed by atoms with Crippen LogP contribution in [0.3, 0.4) is 0 Å². The van der Waals surface area contributed by atoms with Crippen LogP contribution in [-0.4, -0.2) is 16.3 Å². The van der Waals surface area contributed by atoms with Crippen molar-refractivity contribution in [3.63, 3.8) is 0 Å². The maximum absolute atomic E-state index is 13.0. The van der Waals surface area contributed by atoms with Crippen LogP contribution in [0.5, 0.6) is 11.5 Å². The van der Waals surface area contributed by atoms with Crippen LogP contribution < -0.4 is 4.74 Å². The first kappa shape index (κ1) is 13.2. The summed E-state index contributed by atoms with van der Waals surface area (Å²) in [5.74, 6) is -0.215. The Bertz CT molecular complexity index is 543. The number of halogens is 3. The first-order chi connectivity index (χ1) is 8.97. The molecule has 0 saturated carbocycles. The van der Waals surface area contributed by atoms with Gasteiger partial charge in [-0.05, 0) is 24.3 Å². The van der Waals surface area contributed by atoms with Gasteiger partial charge in [-0.1, -0.05) is 6.07 Å². The zero-order valence-corrected chi connectivity index (χ0v) is 9.63. The van der Waals surface area contributed by atoms with E-state index in [1.165, 1.54) is 42.7 Å². The molecular formula is C13H10F3NO2. The van der Waals surface area contributed by atoms with Gasteiger partial charge in [-0.15, -0.1) is 0 Å². The fourth-order valence-electron chi connectivity index (χ4n) is 1.55. The molecule has 0 saturated heterocycles. The third-order valence-corrected chi connectivity index (χ3v) is 2.38. The summed E-state index contributed by atoms with van der Waals surface area (Å²) in [5.41, 5.74) is -0.0501. The number of phenols is 1. The Morgan fingerprint density at radius 3 is 2.37 bits per heavy atom. The molecule has 0 aliphatic heterocycles. The summed E-state index contributed by atoms with van der Waals surface area (Å²) < 4.78 is 43.9. The Hall–Kier alpha value is -2.24. The van der Waals surface area contributed by atoms with Crippen LogP contribution in [0.2, 0.25) is 0 Å². The Kier molecular flexibility index (Phi) is 3.59. The van der Waals surface area contributed by atoms with Gasteiger partial charge < -0.3 is 9.84 Å². The number of aromatic hydroxyl groups is 1. The maximum Gasteiger partial charge on any atom is 0.429 e. The topological polar surface area (TPSA) is 42.4 Å². The molecule has 19 heavy (non-hydrogen) atoms. The lowest BCUT2D eigenvalue weighted by Gasteiger charge is -2.22. The second-order valence-electron chi connectivity index (χ2n) is 3.82. The number of ether oxygens (including phenoxy) is 1. The summed E-state index contributed by atoms with van der Waals surface area (Å²) in [4.78, 5) is 3.67. The third kappa shape index (κ3) is 3.37. The minimum absolute atomic E-state index is 0.0501. The lowest BCUT2D eigenvalue weighted by Crippen LogP contribution is -2.26. The molecule has 6 heteroatoms. The molecule has 1 unspecified atom stereocenters. The van der Waals surface area contributed by atoms with Crippen molar-refractivity contribution in [2.24, 2.45) is 0 Å². The molecule has 0 amide bonds. The molecule has 0 aliphatic carbocycles. The van der Waals surface area contributed by atoms with Gasteiger partial charge in [0.2, 0.25) is 6.10 Å². The van der Waals surface area contributed by atoms with Crippen LogP contribution in [0.4, 0.5) is 13.2 Å². The SMILES string of the molecule is Oc1cccc(OC(c2ccncc2)C(F)(F)F)c1. The second-order valence-corrected chi connectivity index (χ2v) is 3.82. The molecule has 0 spiro atoms. The van der Waals surface area contributed by atoms with E-state index in [9.17, 15) is 18.3 Å². The summed E-state index contributed by atoms with van der Waals surface area (Å²) >= 11 is 0. The van der Waals surface area contributed by atoms with E-state index in [0.717, 1.165) is 6.07 Å². The van der Waals surface area contributed by atoms with Gasteiger partial charge in [0.15, 0.2) is 0 Å². The second kappa shape index (κ2) is 5.17. The minimum Gasteiger partial charge on any atom is -0.508 e. The molecule has 2 aromatic rings. The molecule has 2 rings (SSSR count). The fourth-order valence-corrected chi connectivity index (χ4v) is 1.55. The van der Waals surface area contributed by atoms with Gasteiger partial charge in [-0.25, -0.2) is 0 Å². The van der Waals surface area contributed by atoms with Crippen LogP contribution in [0.25, 0.3) is 0 Å². The van der Waals surface area contributed by atoms with Gasteiger partial charge in [-0.2, -0.15) is 13.2 Å². The number of alkyl halides is 3. The van der Waals surface area contributed by atoms with Crippen molar-refractivity contribution in [3.8, 4) is 11.5 Å². The number of pyridine rings is 1. The number of hydrogen-bond acceptors (Lipinski definition) is 3. The molecule has 0 radical (unpaired) electrons. The number of aromatic nitrogens is 1. The average Bonchev–Trinajstić information content (AvgIpc) is 2.36.